The molecule has 5 heterocycles. The van der Waals surface area contributed by atoms with Crippen molar-refractivity contribution in [2.24, 2.45) is 5.92 Å². The number of thioether (sulfide) groups is 1. The molecule has 2 fully saturated rings. The second kappa shape index (κ2) is 11.7. The fourth-order valence-electron chi connectivity index (χ4n) is 4.41. The third-order valence-corrected chi connectivity index (χ3v) is 7.24. The molecule has 3 aromatic rings. The second-order valence-electron chi connectivity index (χ2n) is 9.37. The Morgan fingerprint density at radius 3 is 2.61 bits per heavy atom. The van der Waals surface area contributed by atoms with Crippen LogP contribution < -0.4 is 20.4 Å². The number of nitrogens with one attached hydrogen (secondary N) is 2. The molecule has 3 aromatic heterocycles. The van der Waals surface area contributed by atoms with E-state index >= 15 is 0 Å². The molecule has 2 aliphatic rings. The van der Waals surface area contributed by atoms with Crippen molar-refractivity contribution >= 4 is 40.9 Å². The van der Waals surface area contributed by atoms with Gasteiger partial charge in [-0.1, -0.05) is 6.07 Å². The lowest BCUT2D eigenvalue weighted by Crippen LogP contribution is -2.38. The lowest BCUT2D eigenvalue weighted by Gasteiger charge is -2.32. The van der Waals surface area contributed by atoms with E-state index in [2.05, 4.69) is 46.5 Å². The van der Waals surface area contributed by atoms with Crippen LogP contribution in [0.2, 0.25) is 0 Å². The van der Waals surface area contributed by atoms with Crippen molar-refractivity contribution < 1.29 is 9.59 Å². The quantitative estimate of drug-likeness (QED) is 0.416. The molecule has 0 bridgehead atoms. The lowest BCUT2D eigenvalue weighted by atomic mass is 9.97. The molecule has 12 heteroatoms. The van der Waals surface area contributed by atoms with Crippen LogP contribution in [-0.4, -0.2) is 69.8 Å². The molecule has 38 heavy (non-hydrogen) atoms. The molecule has 2 aliphatic heterocycles. The summed E-state index contributed by atoms with van der Waals surface area (Å²) in [5.41, 5.74) is 3.52. The van der Waals surface area contributed by atoms with Crippen molar-refractivity contribution in [3.8, 4) is 11.3 Å². The third-order valence-electron chi connectivity index (χ3n) is 6.43. The summed E-state index contributed by atoms with van der Waals surface area (Å²) in [4.78, 5) is 50.1. The number of imide groups is 1. The Kier molecular flexibility index (Phi) is 7.89. The molecule has 2 saturated heterocycles. The van der Waals surface area contributed by atoms with Crippen LogP contribution in [-0.2, 0) is 11.3 Å². The first kappa shape index (κ1) is 25.7. The average Bonchev–Trinajstić information content (AvgIpc) is 3.25. The van der Waals surface area contributed by atoms with Crippen molar-refractivity contribution in [3.05, 3.63) is 59.1 Å². The predicted octanol–water partition coefficient (Wildman–Crippen LogP) is 2.72. The van der Waals surface area contributed by atoms with Crippen LogP contribution in [0.15, 0.2) is 47.9 Å². The Balaban J connectivity index is 1.13. The minimum absolute atomic E-state index is 0.347. The number of carbonyl (C=O) groups is 2. The van der Waals surface area contributed by atoms with Gasteiger partial charge in [0.05, 0.1) is 16.3 Å². The van der Waals surface area contributed by atoms with Crippen LogP contribution >= 0.6 is 11.8 Å². The van der Waals surface area contributed by atoms with Gasteiger partial charge in [-0.3, -0.25) is 19.9 Å². The van der Waals surface area contributed by atoms with Gasteiger partial charge < -0.3 is 15.1 Å². The SMILES string of the molecule is CN(C)c1ncc(-c2ncccc2CNCC2CCN(c3nccc(/C=C4/SC(=O)NC4=O)n3)CC2)cn1. The number of aromatic nitrogens is 5. The van der Waals surface area contributed by atoms with E-state index in [1.165, 1.54) is 0 Å². The average molecular weight is 532 g/mol. The number of rotatable bonds is 8. The summed E-state index contributed by atoms with van der Waals surface area (Å²) in [6.45, 7) is 3.33. The molecule has 5 rings (SSSR count). The second-order valence-corrected chi connectivity index (χ2v) is 10.4. The van der Waals surface area contributed by atoms with Gasteiger partial charge in [0.1, 0.15) is 0 Å². The van der Waals surface area contributed by atoms with Gasteiger partial charge in [0.25, 0.3) is 11.1 Å². The zero-order valence-electron chi connectivity index (χ0n) is 21.3. The number of hydrogen-bond acceptors (Lipinski definition) is 11. The van der Waals surface area contributed by atoms with Crippen LogP contribution in [0, 0.1) is 5.92 Å². The van der Waals surface area contributed by atoms with E-state index in [-0.39, 0.29) is 11.1 Å². The Labute approximate surface area is 225 Å². The van der Waals surface area contributed by atoms with Crippen molar-refractivity contribution in [1.82, 2.24) is 35.6 Å². The summed E-state index contributed by atoms with van der Waals surface area (Å²) >= 11 is 0.886. The van der Waals surface area contributed by atoms with Crippen molar-refractivity contribution in [2.45, 2.75) is 19.4 Å². The van der Waals surface area contributed by atoms with Gasteiger partial charge in [-0.05, 0) is 60.8 Å². The molecule has 0 aromatic carbocycles. The summed E-state index contributed by atoms with van der Waals surface area (Å²) in [6.07, 6.45) is 10.8. The molecule has 2 N–H and O–H groups in total. The highest BCUT2D eigenvalue weighted by Crippen LogP contribution is 2.26. The molecular weight excluding hydrogens is 502 g/mol. The van der Waals surface area contributed by atoms with E-state index in [9.17, 15) is 9.59 Å². The Bertz CT molecular complexity index is 1340. The summed E-state index contributed by atoms with van der Waals surface area (Å²) in [6, 6.07) is 5.77. The molecule has 0 radical (unpaired) electrons. The minimum atomic E-state index is -0.387. The largest absolute Gasteiger partial charge is 0.347 e. The van der Waals surface area contributed by atoms with Gasteiger partial charge >= 0.3 is 0 Å². The summed E-state index contributed by atoms with van der Waals surface area (Å²) in [5.74, 6) is 1.47. The fraction of sp³-hybridized carbons (Fsp3) is 0.346. The van der Waals surface area contributed by atoms with Crippen molar-refractivity contribution in [2.75, 3.05) is 43.5 Å². The van der Waals surface area contributed by atoms with E-state index in [1.807, 2.05) is 37.5 Å². The number of amides is 2. The monoisotopic (exact) mass is 531 g/mol. The maximum Gasteiger partial charge on any atom is 0.290 e. The van der Waals surface area contributed by atoms with Crippen molar-refractivity contribution in [1.29, 1.82) is 0 Å². The molecule has 0 atom stereocenters. The van der Waals surface area contributed by atoms with Gasteiger partial charge in [-0.25, -0.2) is 19.9 Å². The number of anilines is 2. The van der Waals surface area contributed by atoms with Gasteiger partial charge in [-0.2, -0.15) is 0 Å². The number of carbonyl (C=O) groups excluding carboxylic acids is 2. The van der Waals surface area contributed by atoms with Crippen LogP contribution in [0.3, 0.4) is 0 Å². The van der Waals surface area contributed by atoms with Crippen molar-refractivity contribution in [3.63, 3.8) is 0 Å². The lowest BCUT2D eigenvalue weighted by molar-refractivity contribution is -0.115. The molecule has 0 aliphatic carbocycles. The Morgan fingerprint density at radius 1 is 1.11 bits per heavy atom. The van der Waals surface area contributed by atoms with E-state index in [1.54, 1.807) is 24.5 Å². The number of piperidine rings is 1. The van der Waals surface area contributed by atoms with Crippen LogP contribution in [0.5, 0.6) is 0 Å². The maximum absolute atomic E-state index is 11.8. The molecule has 2 amide bonds. The van der Waals surface area contributed by atoms with Crippen LogP contribution in [0.4, 0.5) is 16.7 Å². The van der Waals surface area contributed by atoms with E-state index < -0.39 is 0 Å². The summed E-state index contributed by atoms with van der Waals surface area (Å²) in [5, 5.41) is 5.51. The molecule has 11 nitrogen and oxygen atoms in total. The molecular formula is C26H29N9O2S. The minimum Gasteiger partial charge on any atom is -0.347 e. The fourth-order valence-corrected chi connectivity index (χ4v) is 5.08. The smallest absolute Gasteiger partial charge is 0.290 e. The molecule has 0 unspecified atom stereocenters. The summed E-state index contributed by atoms with van der Waals surface area (Å²) in [7, 11) is 3.83. The number of pyridine rings is 1. The zero-order chi connectivity index (χ0) is 26.5. The van der Waals surface area contributed by atoms with E-state index in [0.717, 1.165) is 61.1 Å². The van der Waals surface area contributed by atoms with Crippen LogP contribution in [0.25, 0.3) is 17.3 Å². The Hall–Kier alpha value is -3.90. The first-order valence-electron chi connectivity index (χ1n) is 12.4. The van der Waals surface area contributed by atoms with E-state index in [4.69, 9.17) is 0 Å². The standard InChI is InChI=1S/C26H29N9O2S/c1-34(2)24-30-15-19(16-31-24)22-18(4-3-8-28-22)14-27-13-17-6-10-35(11-7-17)25-29-9-5-20(32-25)12-21-23(36)33-26(37)38-21/h3-5,8-9,12,15-17,27H,6-7,10-11,13-14H2,1-2H3,(H,33,36,37)/b21-12+. The highest BCUT2D eigenvalue weighted by molar-refractivity contribution is 8.18. The maximum atomic E-state index is 11.8. The third kappa shape index (κ3) is 6.14. The van der Waals surface area contributed by atoms with Crippen LogP contribution in [0.1, 0.15) is 24.1 Å². The van der Waals surface area contributed by atoms with Gasteiger partial charge in [-0.15, -0.1) is 0 Å². The number of hydrogen-bond donors (Lipinski definition) is 2. The molecule has 0 spiro atoms. The molecule has 0 saturated carbocycles. The zero-order valence-corrected chi connectivity index (χ0v) is 22.1. The predicted molar refractivity (Wildman–Crippen MR) is 147 cm³/mol. The normalized spacial score (nSPS) is 17.2. The van der Waals surface area contributed by atoms with Gasteiger partial charge in [0.2, 0.25) is 11.9 Å². The topological polar surface area (TPSA) is 129 Å². The highest BCUT2D eigenvalue weighted by Gasteiger charge is 2.26. The summed E-state index contributed by atoms with van der Waals surface area (Å²) < 4.78 is 0. The van der Waals surface area contributed by atoms with Gasteiger partial charge in [0.15, 0.2) is 0 Å². The first-order chi connectivity index (χ1) is 18.5. The number of nitrogens with zero attached hydrogens (tertiary/aromatic N) is 7. The Morgan fingerprint density at radius 2 is 1.89 bits per heavy atom. The van der Waals surface area contributed by atoms with E-state index in [0.29, 0.717) is 35.0 Å². The highest BCUT2D eigenvalue weighted by atomic mass is 32.2. The molecule has 196 valence electrons. The van der Waals surface area contributed by atoms with Gasteiger partial charge in [0, 0.05) is 64.1 Å². The first-order valence-corrected chi connectivity index (χ1v) is 13.2.